The third-order valence-corrected chi connectivity index (χ3v) is 4.84. The van der Waals surface area contributed by atoms with Gasteiger partial charge in [-0.1, -0.05) is 32.3 Å². The van der Waals surface area contributed by atoms with E-state index in [2.05, 4.69) is 32.7 Å². The van der Waals surface area contributed by atoms with E-state index in [9.17, 15) is 0 Å². The topological polar surface area (TPSA) is 66.6 Å². The standard InChI is InChI=1S/C17H26N6/c1-13-7-3-4-8-14(13)11-19-17(18-2)20-12-16-22-21-15-9-5-6-10-23(15)16/h5-6,9-10,13-14H,3-4,7-8,11-12H2,1-2H3,(H2,18,19,20). The van der Waals surface area contributed by atoms with E-state index in [4.69, 9.17) is 0 Å². The van der Waals surface area contributed by atoms with Crippen LogP contribution < -0.4 is 10.6 Å². The number of hydrogen-bond acceptors (Lipinski definition) is 3. The van der Waals surface area contributed by atoms with Crippen molar-refractivity contribution in [1.29, 1.82) is 0 Å². The number of hydrogen-bond donors (Lipinski definition) is 2. The van der Waals surface area contributed by atoms with Gasteiger partial charge in [-0.25, -0.2) is 0 Å². The highest BCUT2D eigenvalue weighted by Crippen LogP contribution is 2.28. The average molecular weight is 314 g/mol. The molecule has 0 amide bonds. The molecule has 1 fully saturated rings. The molecule has 0 bridgehead atoms. The second-order valence-corrected chi connectivity index (χ2v) is 6.37. The summed E-state index contributed by atoms with van der Waals surface area (Å²) in [4.78, 5) is 4.31. The SMILES string of the molecule is CN=C(NCc1nnc2ccccn12)NCC1CCCCC1C. The Morgan fingerprint density at radius 1 is 1.26 bits per heavy atom. The third kappa shape index (κ3) is 3.81. The first-order chi connectivity index (χ1) is 11.3. The Hall–Kier alpha value is -2.11. The molecule has 0 radical (unpaired) electrons. The minimum atomic E-state index is 0.602. The molecular weight excluding hydrogens is 288 g/mol. The van der Waals surface area contributed by atoms with Crippen molar-refractivity contribution in [2.75, 3.05) is 13.6 Å². The maximum atomic E-state index is 4.31. The number of fused-ring (bicyclic) bond motifs is 1. The Morgan fingerprint density at radius 3 is 2.96 bits per heavy atom. The van der Waals surface area contributed by atoms with Gasteiger partial charge >= 0.3 is 0 Å². The smallest absolute Gasteiger partial charge is 0.191 e. The number of aliphatic imine (C=N–C) groups is 1. The molecule has 1 aliphatic rings. The van der Waals surface area contributed by atoms with Gasteiger partial charge in [0.2, 0.25) is 0 Å². The zero-order chi connectivity index (χ0) is 16.1. The quantitative estimate of drug-likeness (QED) is 0.671. The molecule has 124 valence electrons. The molecule has 0 aliphatic heterocycles. The molecule has 3 rings (SSSR count). The lowest BCUT2D eigenvalue weighted by atomic mass is 9.80. The molecule has 2 N–H and O–H groups in total. The summed E-state index contributed by atoms with van der Waals surface area (Å²) < 4.78 is 1.99. The zero-order valence-electron chi connectivity index (χ0n) is 14.0. The normalized spacial score (nSPS) is 22.3. The van der Waals surface area contributed by atoms with Gasteiger partial charge in [0.1, 0.15) is 0 Å². The highest BCUT2D eigenvalue weighted by atomic mass is 15.3. The maximum Gasteiger partial charge on any atom is 0.191 e. The Labute approximate surface area is 137 Å². The molecule has 0 aromatic carbocycles. The molecule has 2 aromatic heterocycles. The monoisotopic (exact) mass is 314 g/mol. The lowest BCUT2D eigenvalue weighted by Gasteiger charge is -2.29. The summed E-state index contributed by atoms with van der Waals surface area (Å²) in [6.45, 7) is 3.95. The summed E-state index contributed by atoms with van der Waals surface area (Å²) in [6.07, 6.45) is 7.38. The first-order valence-corrected chi connectivity index (χ1v) is 8.51. The summed E-state index contributed by atoms with van der Waals surface area (Å²) in [5, 5.41) is 15.2. The summed E-state index contributed by atoms with van der Waals surface area (Å²) in [5.74, 6) is 3.26. The number of rotatable bonds is 4. The van der Waals surface area contributed by atoms with Crippen LogP contribution in [0.15, 0.2) is 29.4 Å². The first kappa shape index (κ1) is 15.8. The molecule has 0 spiro atoms. The molecule has 2 aromatic rings. The maximum absolute atomic E-state index is 4.31. The van der Waals surface area contributed by atoms with Crippen LogP contribution in [0.25, 0.3) is 5.65 Å². The Bertz CT molecular complexity index is 662. The minimum absolute atomic E-state index is 0.602. The van der Waals surface area contributed by atoms with E-state index in [-0.39, 0.29) is 0 Å². The van der Waals surface area contributed by atoms with Gasteiger partial charge in [0, 0.05) is 19.8 Å². The molecule has 2 atom stereocenters. The van der Waals surface area contributed by atoms with Crippen LogP contribution in [-0.4, -0.2) is 34.2 Å². The molecular formula is C17H26N6. The van der Waals surface area contributed by atoms with E-state index in [1.807, 2.05) is 35.8 Å². The van der Waals surface area contributed by atoms with Gasteiger partial charge in [0.25, 0.3) is 0 Å². The van der Waals surface area contributed by atoms with Crippen LogP contribution in [0.2, 0.25) is 0 Å². The number of nitrogens with zero attached hydrogens (tertiary/aromatic N) is 4. The van der Waals surface area contributed by atoms with Crippen molar-refractivity contribution in [2.24, 2.45) is 16.8 Å². The molecule has 1 saturated carbocycles. The molecule has 0 saturated heterocycles. The fourth-order valence-electron chi connectivity index (χ4n) is 3.32. The Kier molecular flexibility index (Phi) is 5.10. The van der Waals surface area contributed by atoms with Gasteiger partial charge in [-0.3, -0.25) is 9.39 Å². The highest BCUT2D eigenvalue weighted by molar-refractivity contribution is 5.79. The van der Waals surface area contributed by atoms with Gasteiger partial charge in [-0.15, -0.1) is 10.2 Å². The van der Waals surface area contributed by atoms with Crippen LogP contribution >= 0.6 is 0 Å². The van der Waals surface area contributed by atoms with Crippen molar-refractivity contribution >= 4 is 11.6 Å². The molecule has 6 nitrogen and oxygen atoms in total. The van der Waals surface area contributed by atoms with Crippen LogP contribution in [-0.2, 0) is 6.54 Å². The number of aromatic nitrogens is 3. The Balaban J connectivity index is 1.53. The third-order valence-electron chi connectivity index (χ3n) is 4.84. The predicted molar refractivity (Wildman–Crippen MR) is 92.3 cm³/mol. The summed E-state index contributed by atoms with van der Waals surface area (Å²) in [6, 6.07) is 5.90. The average Bonchev–Trinajstić information content (AvgIpc) is 3.00. The highest BCUT2D eigenvalue weighted by Gasteiger charge is 2.21. The molecule has 6 heteroatoms. The van der Waals surface area contributed by atoms with Gasteiger partial charge in [-0.2, -0.15) is 0 Å². The van der Waals surface area contributed by atoms with Crippen molar-refractivity contribution < 1.29 is 0 Å². The van der Waals surface area contributed by atoms with Crippen LogP contribution in [0.5, 0.6) is 0 Å². The van der Waals surface area contributed by atoms with Crippen molar-refractivity contribution in [1.82, 2.24) is 25.2 Å². The minimum Gasteiger partial charge on any atom is -0.356 e. The molecule has 2 heterocycles. The fourth-order valence-corrected chi connectivity index (χ4v) is 3.32. The van der Waals surface area contributed by atoms with Crippen LogP contribution in [0, 0.1) is 11.8 Å². The summed E-state index contributed by atoms with van der Waals surface area (Å²) >= 11 is 0. The van der Waals surface area contributed by atoms with Crippen molar-refractivity contribution in [3.8, 4) is 0 Å². The second kappa shape index (κ2) is 7.44. The lowest BCUT2D eigenvalue weighted by molar-refractivity contribution is 0.256. The van der Waals surface area contributed by atoms with Crippen LogP contribution in [0.3, 0.4) is 0 Å². The van der Waals surface area contributed by atoms with Gasteiger partial charge < -0.3 is 10.6 Å². The number of pyridine rings is 1. The van der Waals surface area contributed by atoms with E-state index in [0.29, 0.717) is 6.54 Å². The molecule has 23 heavy (non-hydrogen) atoms. The van der Waals surface area contributed by atoms with E-state index in [1.165, 1.54) is 25.7 Å². The number of nitrogens with one attached hydrogen (secondary N) is 2. The summed E-state index contributed by atoms with van der Waals surface area (Å²) in [7, 11) is 1.81. The van der Waals surface area contributed by atoms with Gasteiger partial charge in [-0.05, 0) is 30.4 Å². The zero-order valence-corrected chi connectivity index (χ0v) is 14.0. The second-order valence-electron chi connectivity index (χ2n) is 6.37. The van der Waals surface area contributed by atoms with E-state index < -0.39 is 0 Å². The van der Waals surface area contributed by atoms with Crippen LogP contribution in [0.1, 0.15) is 38.4 Å². The largest absolute Gasteiger partial charge is 0.356 e. The van der Waals surface area contributed by atoms with E-state index in [1.54, 1.807) is 0 Å². The van der Waals surface area contributed by atoms with E-state index >= 15 is 0 Å². The molecule has 2 unspecified atom stereocenters. The first-order valence-electron chi connectivity index (χ1n) is 8.51. The predicted octanol–water partition coefficient (Wildman–Crippen LogP) is 2.22. The fraction of sp³-hybridized carbons (Fsp3) is 0.588. The van der Waals surface area contributed by atoms with Crippen LogP contribution in [0.4, 0.5) is 0 Å². The van der Waals surface area contributed by atoms with Crippen molar-refractivity contribution in [3.05, 3.63) is 30.2 Å². The Morgan fingerprint density at radius 2 is 2.13 bits per heavy atom. The van der Waals surface area contributed by atoms with Crippen molar-refractivity contribution in [2.45, 2.75) is 39.2 Å². The molecule has 1 aliphatic carbocycles. The van der Waals surface area contributed by atoms with Gasteiger partial charge in [0.15, 0.2) is 17.4 Å². The summed E-state index contributed by atoms with van der Waals surface area (Å²) in [5.41, 5.74) is 0.864. The van der Waals surface area contributed by atoms with Gasteiger partial charge in [0.05, 0.1) is 6.54 Å². The van der Waals surface area contributed by atoms with Crippen molar-refractivity contribution in [3.63, 3.8) is 0 Å². The number of guanidine groups is 1. The van der Waals surface area contributed by atoms with E-state index in [0.717, 1.165) is 35.8 Å². The lowest BCUT2D eigenvalue weighted by Crippen LogP contribution is -2.41.